The quantitative estimate of drug-likeness (QED) is 0.571. The number of hydrogen-bond donors (Lipinski definition) is 2. The van der Waals surface area contributed by atoms with Crippen LogP contribution < -0.4 is 10.6 Å². The summed E-state index contributed by atoms with van der Waals surface area (Å²) in [5, 5.41) is 6.11. The SMILES string of the molecule is CCNC(=O)c1ccc(CN=C(NCC)N2CCN(C(=O)OCC)CC2)cc1. The summed E-state index contributed by atoms with van der Waals surface area (Å²) in [5.41, 5.74) is 1.69. The minimum absolute atomic E-state index is 0.0645. The first-order valence-corrected chi connectivity index (χ1v) is 9.91. The lowest BCUT2D eigenvalue weighted by Gasteiger charge is -2.35. The number of ether oxygens (including phenoxy) is 1. The van der Waals surface area contributed by atoms with Gasteiger partial charge in [-0.25, -0.2) is 9.79 Å². The van der Waals surface area contributed by atoms with Crippen LogP contribution in [0.1, 0.15) is 36.7 Å². The molecule has 8 heteroatoms. The third-order valence-corrected chi connectivity index (χ3v) is 4.40. The van der Waals surface area contributed by atoms with Crippen molar-refractivity contribution in [1.29, 1.82) is 0 Å². The van der Waals surface area contributed by atoms with Gasteiger partial charge in [-0.05, 0) is 38.5 Å². The zero-order chi connectivity index (χ0) is 20.4. The van der Waals surface area contributed by atoms with E-state index in [4.69, 9.17) is 9.73 Å². The standard InChI is InChI=1S/C20H31N5O3/c1-4-21-18(26)17-9-7-16(8-10-17)15-23-19(22-5-2)24-11-13-25(14-12-24)20(27)28-6-3/h7-10H,4-6,11-15H2,1-3H3,(H,21,26)(H,22,23). The van der Waals surface area contributed by atoms with E-state index in [0.29, 0.717) is 51.4 Å². The summed E-state index contributed by atoms with van der Waals surface area (Å²) >= 11 is 0. The highest BCUT2D eigenvalue weighted by molar-refractivity contribution is 5.94. The van der Waals surface area contributed by atoms with E-state index in [1.165, 1.54) is 0 Å². The average molecular weight is 390 g/mol. The van der Waals surface area contributed by atoms with Crippen LogP contribution in [0.2, 0.25) is 0 Å². The Bertz CT molecular complexity index is 667. The first-order valence-electron chi connectivity index (χ1n) is 9.91. The number of carbonyl (C=O) groups is 2. The molecule has 1 heterocycles. The van der Waals surface area contributed by atoms with Crippen LogP contribution >= 0.6 is 0 Å². The molecule has 1 aliphatic heterocycles. The molecule has 0 radical (unpaired) electrons. The number of piperazine rings is 1. The third kappa shape index (κ3) is 6.14. The van der Waals surface area contributed by atoms with E-state index in [-0.39, 0.29) is 12.0 Å². The lowest BCUT2D eigenvalue weighted by atomic mass is 10.1. The zero-order valence-electron chi connectivity index (χ0n) is 17.0. The molecule has 0 saturated carbocycles. The summed E-state index contributed by atoms with van der Waals surface area (Å²) in [5.74, 6) is 0.768. The zero-order valence-corrected chi connectivity index (χ0v) is 17.0. The van der Waals surface area contributed by atoms with Crippen molar-refractivity contribution in [2.75, 3.05) is 45.9 Å². The Hall–Kier alpha value is -2.77. The monoisotopic (exact) mass is 389 g/mol. The normalized spacial score (nSPS) is 14.6. The molecule has 8 nitrogen and oxygen atoms in total. The Balaban J connectivity index is 1.95. The molecule has 0 spiro atoms. The molecule has 1 aliphatic rings. The summed E-state index contributed by atoms with van der Waals surface area (Å²) < 4.78 is 5.07. The minimum atomic E-state index is -0.253. The van der Waals surface area contributed by atoms with Crippen molar-refractivity contribution >= 4 is 18.0 Å². The maximum atomic E-state index is 11.8. The molecular weight excluding hydrogens is 358 g/mol. The van der Waals surface area contributed by atoms with Gasteiger partial charge in [0.1, 0.15) is 0 Å². The number of nitrogens with zero attached hydrogens (tertiary/aromatic N) is 3. The first-order chi connectivity index (χ1) is 13.6. The predicted octanol–water partition coefficient (Wildman–Crippen LogP) is 1.68. The molecule has 0 aliphatic carbocycles. The topological polar surface area (TPSA) is 86.3 Å². The summed E-state index contributed by atoms with van der Waals surface area (Å²) in [7, 11) is 0. The van der Waals surface area contributed by atoms with Gasteiger partial charge in [-0.2, -0.15) is 0 Å². The van der Waals surface area contributed by atoms with E-state index in [1.54, 1.807) is 4.90 Å². The average Bonchev–Trinajstić information content (AvgIpc) is 2.72. The van der Waals surface area contributed by atoms with Crippen LogP contribution in [0.25, 0.3) is 0 Å². The van der Waals surface area contributed by atoms with Gasteiger partial charge >= 0.3 is 6.09 Å². The summed E-state index contributed by atoms with van der Waals surface area (Å²) in [6.07, 6.45) is -0.253. The lowest BCUT2D eigenvalue weighted by molar-refractivity contribution is 0.0913. The number of nitrogens with one attached hydrogen (secondary N) is 2. The Kier molecular flexibility index (Phi) is 8.58. The fourth-order valence-electron chi connectivity index (χ4n) is 2.93. The van der Waals surface area contributed by atoms with Crippen molar-refractivity contribution in [3.8, 4) is 0 Å². The van der Waals surface area contributed by atoms with Crippen molar-refractivity contribution in [3.05, 3.63) is 35.4 Å². The molecule has 0 atom stereocenters. The van der Waals surface area contributed by atoms with Crippen LogP contribution in [0.4, 0.5) is 4.79 Å². The van der Waals surface area contributed by atoms with Gasteiger partial charge in [-0.15, -0.1) is 0 Å². The molecule has 2 amide bonds. The first kappa shape index (κ1) is 21.5. The van der Waals surface area contributed by atoms with Crippen molar-refractivity contribution in [2.24, 2.45) is 4.99 Å². The van der Waals surface area contributed by atoms with Crippen molar-refractivity contribution in [1.82, 2.24) is 20.4 Å². The predicted molar refractivity (Wildman–Crippen MR) is 109 cm³/mol. The van der Waals surface area contributed by atoms with Gasteiger partial charge in [0, 0.05) is 44.8 Å². The number of benzene rings is 1. The van der Waals surface area contributed by atoms with Gasteiger partial charge in [0.25, 0.3) is 5.91 Å². The second-order valence-electron chi connectivity index (χ2n) is 6.40. The number of guanidine groups is 1. The van der Waals surface area contributed by atoms with Gasteiger partial charge in [0.05, 0.1) is 13.2 Å². The molecule has 1 fully saturated rings. The maximum Gasteiger partial charge on any atom is 0.409 e. The number of aliphatic imine (C=N–C) groups is 1. The van der Waals surface area contributed by atoms with Gasteiger partial charge in [-0.3, -0.25) is 4.79 Å². The Morgan fingerprint density at radius 1 is 0.964 bits per heavy atom. The fraction of sp³-hybridized carbons (Fsp3) is 0.550. The van der Waals surface area contributed by atoms with Gasteiger partial charge in [0.15, 0.2) is 5.96 Å². The van der Waals surface area contributed by atoms with E-state index in [2.05, 4.69) is 15.5 Å². The van der Waals surface area contributed by atoms with Crippen LogP contribution in [0.5, 0.6) is 0 Å². The van der Waals surface area contributed by atoms with Crippen LogP contribution in [0.3, 0.4) is 0 Å². The van der Waals surface area contributed by atoms with E-state index in [0.717, 1.165) is 18.1 Å². The van der Waals surface area contributed by atoms with Crippen molar-refractivity contribution in [2.45, 2.75) is 27.3 Å². The minimum Gasteiger partial charge on any atom is -0.450 e. The lowest BCUT2D eigenvalue weighted by Crippen LogP contribution is -2.53. The molecule has 0 aromatic heterocycles. The van der Waals surface area contributed by atoms with Crippen LogP contribution in [0.15, 0.2) is 29.3 Å². The van der Waals surface area contributed by atoms with Crippen LogP contribution in [0, 0.1) is 0 Å². The Labute approximate surface area is 166 Å². The highest BCUT2D eigenvalue weighted by Gasteiger charge is 2.23. The fourth-order valence-corrected chi connectivity index (χ4v) is 2.93. The number of rotatable bonds is 6. The molecule has 2 N–H and O–H groups in total. The molecular formula is C20H31N5O3. The summed E-state index contributed by atoms with van der Waals surface area (Å²) in [6, 6.07) is 7.49. The second kappa shape index (κ2) is 11.2. The third-order valence-electron chi connectivity index (χ3n) is 4.40. The smallest absolute Gasteiger partial charge is 0.409 e. The number of amides is 2. The molecule has 1 aromatic rings. The van der Waals surface area contributed by atoms with E-state index in [1.807, 2.05) is 45.0 Å². The molecule has 154 valence electrons. The number of carbonyl (C=O) groups excluding carboxylic acids is 2. The van der Waals surface area contributed by atoms with E-state index in [9.17, 15) is 9.59 Å². The van der Waals surface area contributed by atoms with E-state index < -0.39 is 0 Å². The van der Waals surface area contributed by atoms with Gasteiger partial charge < -0.3 is 25.2 Å². The Morgan fingerprint density at radius 3 is 2.14 bits per heavy atom. The molecule has 2 rings (SSSR count). The van der Waals surface area contributed by atoms with Gasteiger partial charge in [0.2, 0.25) is 0 Å². The van der Waals surface area contributed by atoms with Gasteiger partial charge in [-0.1, -0.05) is 12.1 Å². The Morgan fingerprint density at radius 2 is 1.57 bits per heavy atom. The van der Waals surface area contributed by atoms with E-state index >= 15 is 0 Å². The molecule has 1 aromatic carbocycles. The molecule has 0 unspecified atom stereocenters. The number of hydrogen-bond acceptors (Lipinski definition) is 4. The molecule has 1 saturated heterocycles. The maximum absolute atomic E-state index is 11.8. The van der Waals surface area contributed by atoms with Crippen LogP contribution in [-0.4, -0.2) is 73.6 Å². The largest absolute Gasteiger partial charge is 0.450 e. The summed E-state index contributed by atoms with van der Waals surface area (Å²) in [6.45, 7) is 10.7. The highest BCUT2D eigenvalue weighted by atomic mass is 16.6. The van der Waals surface area contributed by atoms with Crippen LogP contribution in [-0.2, 0) is 11.3 Å². The molecule has 0 bridgehead atoms. The van der Waals surface area contributed by atoms with Crippen molar-refractivity contribution < 1.29 is 14.3 Å². The summed E-state index contributed by atoms with van der Waals surface area (Å²) in [4.78, 5) is 32.3. The second-order valence-corrected chi connectivity index (χ2v) is 6.40. The molecule has 28 heavy (non-hydrogen) atoms. The highest BCUT2D eigenvalue weighted by Crippen LogP contribution is 2.08. The van der Waals surface area contributed by atoms with Crippen molar-refractivity contribution in [3.63, 3.8) is 0 Å².